The molecule has 0 aliphatic carbocycles. The third kappa shape index (κ3) is 4.05. The number of carbonyl (C=O) groups excluding carboxylic acids is 1. The SMILES string of the molecule is Cc1ccc(C(=O)NCC(O)C(F)F)c(Br)c1. The molecule has 94 valence electrons. The molecule has 1 atom stereocenters. The molecule has 0 saturated carbocycles. The van der Waals surface area contributed by atoms with Crippen molar-refractivity contribution in [3.05, 3.63) is 33.8 Å². The van der Waals surface area contributed by atoms with Gasteiger partial charge in [0.25, 0.3) is 12.3 Å². The van der Waals surface area contributed by atoms with Crippen LogP contribution in [0.15, 0.2) is 22.7 Å². The van der Waals surface area contributed by atoms with Crippen LogP contribution >= 0.6 is 15.9 Å². The van der Waals surface area contributed by atoms with Gasteiger partial charge in [-0.3, -0.25) is 4.79 Å². The van der Waals surface area contributed by atoms with Crippen molar-refractivity contribution >= 4 is 21.8 Å². The summed E-state index contributed by atoms with van der Waals surface area (Å²) in [6.45, 7) is 1.39. The van der Waals surface area contributed by atoms with E-state index in [2.05, 4.69) is 21.2 Å². The first-order valence-corrected chi connectivity index (χ1v) is 5.71. The van der Waals surface area contributed by atoms with E-state index in [4.69, 9.17) is 5.11 Å². The van der Waals surface area contributed by atoms with Crippen molar-refractivity contribution in [3.8, 4) is 0 Å². The molecule has 0 aliphatic heterocycles. The predicted octanol–water partition coefficient (Wildman–Crippen LogP) is 2.11. The highest BCUT2D eigenvalue weighted by Gasteiger charge is 2.18. The number of aliphatic hydroxyl groups excluding tert-OH is 1. The normalized spacial score (nSPS) is 12.6. The van der Waals surface area contributed by atoms with Crippen LogP contribution in [0.4, 0.5) is 8.78 Å². The lowest BCUT2D eigenvalue weighted by Crippen LogP contribution is -2.35. The fourth-order valence-electron chi connectivity index (χ4n) is 1.19. The molecule has 2 N–H and O–H groups in total. The van der Waals surface area contributed by atoms with Gasteiger partial charge in [-0.2, -0.15) is 0 Å². The van der Waals surface area contributed by atoms with Gasteiger partial charge in [0.1, 0.15) is 6.10 Å². The van der Waals surface area contributed by atoms with Crippen LogP contribution < -0.4 is 5.32 Å². The van der Waals surface area contributed by atoms with Gasteiger partial charge in [-0.25, -0.2) is 8.78 Å². The number of nitrogens with one attached hydrogen (secondary N) is 1. The number of hydrogen-bond acceptors (Lipinski definition) is 2. The zero-order valence-electron chi connectivity index (χ0n) is 9.08. The van der Waals surface area contributed by atoms with E-state index >= 15 is 0 Å². The number of amides is 1. The fraction of sp³-hybridized carbons (Fsp3) is 0.364. The minimum Gasteiger partial charge on any atom is -0.385 e. The predicted molar refractivity (Wildman–Crippen MR) is 63.2 cm³/mol. The maximum atomic E-state index is 12.0. The third-order valence-electron chi connectivity index (χ3n) is 2.13. The summed E-state index contributed by atoms with van der Waals surface area (Å²) in [6, 6.07) is 5.07. The summed E-state index contributed by atoms with van der Waals surface area (Å²) in [7, 11) is 0. The molecule has 1 aromatic carbocycles. The lowest BCUT2D eigenvalue weighted by atomic mass is 10.1. The molecule has 1 amide bonds. The van der Waals surface area contributed by atoms with E-state index in [0.29, 0.717) is 10.0 Å². The van der Waals surface area contributed by atoms with E-state index < -0.39 is 25.0 Å². The topological polar surface area (TPSA) is 49.3 Å². The van der Waals surface area contributed by atoms with Crippen LogP contribution in [0.5, 0.6) is 0 Å². The van der Waals surface area contributed by atoms with E-state index in [-0.39, 0.29) is 0 Å². The quantitative estimate of drug-likeness (QED) is 0.895. The molecule has 1 rings (SSSR count). The second-order valence-electron chi connectivity index (χ2n) is 3.60. The van der Waals surface area contributed by atoms with Gasteiger partial charge < -0.3 is 10.4 Å². The van der Waals surface area contributed by atoms with Gasteiger partial charge in [0.15, 0.2) is 0 Å². The Bertz CT molecular complexity index is 412. The zero-order chi connectivity index (χ0) is 13.0. The van der Waals surface area contributed by atoms with Gasteiger partial charge in [0.05, 0.1) is 5.56 Å². The van der Waals surface area contributed by atoms with Gasteiger partial charge in [0, 0.05) is 11.0 Å². The molecule has 0 saturated heterocycles. The van der Waals surface area contributed by atoms with Crippen molar-refractivity contribution in [1.82, 2.24) is 5.32 Å². The van der Waals surface area contributed by atoms with Gasteiger partial charge in [-0.15, -0.1) is 0 Å². The summed E-state index contributed by atoms with van der Waals surface area (Å²) in [5, 5.41) is 11.1. The number of benzene rings is 1. The monoisotopic (exact) mass is 307 g/mol. The summed E-state index contributed by atoms with van der Waals surface area (Å²) in [4.78, 5) is 11.6. The first kappa shape index (κ1) is 14.1. The van der Waals surface area contributed by atoms with E-state index in [1.165, 1.54) is 0 Å². The highest BCUT2D eigenvalue weighted by molar-refractivity contribution is 9.10. The molecule has 0 aliphatic rings. The largest absolute Gasteiger partial charge is 0.385 e. The Morgan fingerprint density at radius 1 is 1.53 bits per heavy atom. The molecule has 0 heterocycles. The minimum atomic E-state index is -2.86. The summed E-state index contributed by atoms with van der Waals surface area (Å²) in [6.07, 6.45) is -4.71. The van der Waals surface area contributed by atoms with Gasteiger partial charge in [0.2, 0.25) is 0 Å². The number of alkyl halides is 2. The number of rotatable bonds is 4. The smallest absolute Gasteiger partial charge is 0.265 e. The van der Waals surface area contributed by atoms with Crippen LogP contribution in [0.25, 0.3) is 0 Å². The van der Waals surface area contributed by atoms with Gasteiger partial charge in [-0.05, 0) is 40.5 Å². The maximum Gasteiger partial charge on any atom is 0.265 e. The number of hydrogen-bond donors (Lipinski definition) is 2. The van der Waals surface area contributed by atoms with Crippen LogP contribution in [-0.2, 0) is 0 Å². The molecule has 1 aromatic rings. The van der Waals surface area contributed by atoms with E-state index in [0.717, 1.165) is 5.56 Å². The summed E-state index contributed by atoms with van der Waals surface area (Å²) in [5.41, 5.74) is 1.32. The van der Waals surface area contributed by atoms with E-state index in [9.17, 15) is 13.6 Å². The Morgan fingerprint density at radius 3 is 2.71 bits per heavy atom. The second kappa shape index (κ2) is 6.07. The average Bonchev–Trinajstić information content (AvgIpc) is 2.25. The molecule has 0 radical (unpaired) electrons. The number of aliphatic hydroxyl groups is 1. The Kier molecular flexibility index (Phi) is 5.02. The number of aryl methyl sites for hydroxylation is 1. The van der Waals surface area contributed by atoms with Crippen LogP contribution in [-0.4, -0.2) is 30.1 Å². The minimum absolute atomic E-state index is 0.345. The molecule has 0 fully saturated rings. The average molecular weight is 308 g/mol. The highest BCUT2D eigenvalue weighted by Crippen LogP contribution is 2.18. The van der Waals surface area contributed by atoms with E-state index in [1.54, 1.807) is 18.2 Å². The molecule has 17 heavy (non-hydrogen) atoms. The summed E-state index contributed by atoms with van der Waals surface area (Å²) >= 11 is 3.21. The standard InChI is InChI=1S/C11H12BrF2NO2/c1-6-2-3-7(8(12)4-6)11(17)15-5-9(16)10(13)14/h2-4,9-10,16H,5H2,1H3,(H,15,17). The Labute approximate surface area is 106 Å². The molecule has 0 bridgehead atoms. The Balaban J connectivity index is 2.64. The lowest BCUT2D eigenvalue weighted by Gasteiger charge is -2.11. The number of carbonyl (C=O) groups is 1. The summed E-state index contributed by atoms with van der Waals surface area (Å²) in [5.74, 6) is -0.503. The van der Waals surface area contributed by atoms with Crippen LogP contribution in [0.3, 0.4) is 0 Å². The van der Waals surface area contributed by atoms with Crippen LogP contribution in [0.2, 0.25) is 0 Å². The second-order valence-corrected chi connectivity index (χ2v) is 4.45. The molecule has 3 nitrogen and oxygen atoms in total. The van der Waals surface area contributed by atoms with E-state index in [1.807, 2.05) is 6.92 Å². The Hall–Kier alpha value is -1.01. The van der Waals surface area contributed by atoms with Crippen molar-refractivity contribution in [2.45, 2.75) is 19.5 Å². The Morgan fingerprint density at radius 2 is 2.18 bits per heavy atom. The highest BCUT2D eigenvalue weighted by atomic mass is 79.9. The van der Waals surface area contributed by atoms with Crippen molar-refractivity contribution in [2.75, 3.05) is 6.54 Å². The zero-order valence-corrected chi connectivity index (χ0v) is 10.7. The third-order valence-corrected chi connectivity index (χ3v) is 2.79. The van der Waals surface area contributed by atoms with Crippen molar-refractivity contribution in [3.63, 3.8) is 0 Å². The van der Waals surface area contributed by atoms with Crippen LogP contribution in [0.1, 0.15) is 15.9 Å². The van der Waals surface area contributed by atoms with Crippen molar-refractivity contribution < 1.29 is 18.7 Å². The maximum absolute atomic E-state index is 12.0. The molecule has 1 unspecified atom stereocenters. The molecule has 0 aromatic heterocycles. The molecular formula is C11H12BrF2NO2. The molecular weight excluding hydrogens is 296 g/mol. The van der Waals surface area contributed by atoms with Crippen molar-refractivity contribution in [1.29, 1.82) is 0 Å². The summed E-state index contributed by atoms with van der Waals surface area (Å²) < 4.78 is 24.6. The van der Waals surface area contributed by atoms with Crippen molar-refractivity contribution in [2.24, 2.45) is 0 Å². The lowest BCUT2D eigenvalue weighted by molar-refractivity contribution is -0.00270. The van der Waals surface area contributed by atoms with Gasteiger partial charge in [-0.1, -0.05) is 6.07 Å². The molecule has 6 heteroatoms. The van der Waals surface area contributed by atoms with Crippen LogP contribution in [0, 0.1) is 6.92 Å². The van der Waals surface area contributed by atoms with Gasteiger partial charge >= 0.3 is 0 Å². The molecule has 0 spiro atoms. The first-order chi connectivity index (χ1) is 7.91. The first-order valence-electron chi connectivity index (χ1n) is 4.92. The fourth-order valence-corrected chi connectivity index (χ4v) is 1.86. The number of halogens is 3.